The Balaban J connectivity index is 2.28. The Kier molecular flexibility index (Phi) is 4.65. The SMILES string of the molecule is CSc1ccccc1C(=O)N(C)c1ccc(C(=O)O)cc1. The van der Waals surface area contributed by atoms with Gasteiger partial charge in [-0.15, -0.1) is 11.8 Å². The highest BCUT2D eigenvalue weighted by molar-refractivity contribution is 7.98. The number of carbonyl (C=O) groups is 2. The van der Waals surface area contributed by atoms with Crippen LogP contribution in [0.5, 0.6) is 0 Å². The second-order valence-electron chi connectivity index (χ2n) is 4.42. The van der Waals surface area contributed by atoms with Crippen molar-refractivity contribution >= 4 is 29.3 Å². The highest BCUT2D eigenvalue weighted by Crippen LogP contribution is 2.23. The average Bonchev–Trinajstić information content (AvgIpc) is 2.53. The van der Waals surface area contributed by atoms with Crippen LogP contribution in [0.4, 0.5) is 5.69 Å². The second kappa shape index (κ2) is 6.45. The molecule has 4 nitrogen and oxygen atoms in total. The van der Waals surface area contributed by atoms with E-state index in [9.17, 15) is 9.59 Å². The highest BCUT2D eigenvalue weighted by Gasteiger charge is 2.16. The average molecular weight is 301 g/mol. The summed E-state index contributed by atoms with van der Waals surface area (Å²) in [4.78, 5) is 25.8. The molecular weight excluding hydrogens is 286 g/mol. The first-order valence-electron chi connectivity index (χ1n) is 6.29. The van der Waals surface area contributed by atoms with Crippen LogP contribution in [0, 0.1) is 0 Å². The van der Waals surface area contributed by atoms with E-state index in [1.807, 2.05) is 24.5 Å². The van der Waals surface area contributed by atoms with Crippen LogP contribution in [0.2, 0.25) is 0 Å². The largest absolute Gasteiger partial charge is 0.478 e. The van der Waals surface area contributed by atoms with Gasteiger partial charge in [0.2, 0.25) is 0 Å². The highest BCUT2D eigenvalue weighted by atomic mass is 32.2. The number of benzene rings is 2. The van der Waals surface area contributed by atoms with Crippen LogP contribution in [-0.4, -0.2) is 30.3 Å². The summed E-state index contributed by atoms with van der Waals surface area (Å²) in [7, 11) is 1.68. The first-order chi connectivity index (χ1) is 10.0. The Hall–Kier alpha value is -2.27. The number of aromatic carboxylic acids is 1. The molecule has 1 N–H and O–H groups in total. The van der Waals surface area contributed by atoms with Crippen LogP contribution < -0.4 is 4.90 Å². The first kappa shape index (κ1) is 15.1. The fourth-order valence-corrected chi connectivity index (χ4v) is 2.54. The molecule has 108 valence electrons. The van der Waals surface area contributed by atoms with Gasteiger partial charge in [-0.25, -0.2) is 4.79 Å². The lowest BCUT2D eigenvalue weighted by Gasteiger charge is -2.19. The number of anilines is 1. The van der Waals surface area contributed by atoms with Gasteiger partial charge >= 0.3 is 5.97 Å². The molecule has 1 amide bonds. The van der Waals surface area contributed by atoms with E-state index in [-0.39, 0.29) is 11.5 Å². The van der Waals surface area contributed by atoms with Gasteiger partial charge in [-0.3, -0.25) is 4.79 Å². The summed E-state index contributed by atoms with van der Waals surface area (Å²) in [6, 6.07) is 13.6. The third kappa shape index (κ3) is 3.25. The standard InChI is InChI=1S/C16H15NO3S/c1-17(12-9-7-11(8-10-12)16(19)20)15(18)13-5-3-4-6-14(13)21-2/h3-10H,1-2H3,(H,19,20). The summed E-state index contributed by atoms with van der Waals surface area (Å²) in [6.45, 7) is 0. The summed E-state index contributed by atoms with van der Waals surface area (Å²) in [5.41, 5.74) is 1.49. The Labute approximate surface area is 127 Å². The third-order valence-corrected chi connectivity index (χ3v) is 3.94. The molecule has 0 unspecified atom stereocenters. The Bertz CT molecular complexity index is 667. The molecule has 21 heavy (non-hydrogen) atoms. The minimum Gasteiger partial charge on any atom is -0.478 e. The molecule has 0 aliphatic heterocycles. The van der Waals surface area contributed by atoms with E-state index in [2.05, 4.69) is 0 Å². The molecule has 0 aromatic heterocycles. The van der Waals surface area contributed by atoms with Crippen LogP contribution in [0.1, 0.15) is 20.7 Å². The molecule has 2 rings (SSSR count). The summed E-state index contributed by atoms with van der Waals surface area (Å²) >= 11 is 1.52. The predicted octanol–water partition coefficient (Wildman–Crippen LogP) is 3.38. The van der Waals surface area contributed by atoms with E-state index in [0.717, 1.165) is 4.90 Å². The molecule has 0 heterocycles. The summed E-state index contributed by atoms with van der Waals surface area (Å²) in [6.07, 6.45) is 1.92. The number of amides is 1. The topological polar surface area (TPSA) is 57.6 Å². The zero-order valence-corrected chi connectivity index (χ0v) is 12.6. The number of hydrogen-bond donors (Lipinski definition) is 1. The Morgan fingerprint density at radius 2 is 1.67 bits per heavy atom. The molecule has 0 saturated carbocycles. The maximum atomic E-state index is 12.5. The number of nitrogens with zero attached hydrogens (tertiary/aromatic N) is 1. The number of thioether (sulfide) groups is 1. The van der Waals surface area contributed by atoms with Gasteiger partial charge < -0.3 is 10.0 Å². The van der Waals surface area contributed by atoms with Crippen molar-refractivity contribution in [1.82, 2.24) is 0 Å². The molecule has 5 heteroatoms. The number of hydrogen-bond acceptors (Lipinski definition) is 3. The number of carboxylic acid groups (broad SMARTS) is 1. The second-order valence-corrected chi connectivity index (χ2v) is 5.26. The van der Waals surface area contributed by atoms with E-state index < -0.39 is 5.97 Å². The molecule has 0 radical (unpaired) electrons. The van der Waals surface area contributed by atoms with Crippen molar-refractivity contribution in [3.05, 3.63) is 59.7 Å². The van der Waals surface area contributed by atoms with Crippen LogP contribution in [0.25, 0.3) is 0 Å². The van der Waals surface area contributed by atoms with Crippen molar-refractivity contribution in [2.24, 2.45) is 0 Å². The Morgan fingerprint density at radius 1 is 1.05 bits per heavy atom. The molecule has 0 saturated heterocycles. The van der Waals surface area contributed by atoms with Gasteiger partial charge in [-0.2, -0.15) is 0 Å². The molecule has 0 aliphatic carbocycles. The normalized spacial score (nSPS) is 10.2. The van der Waals surface area contributed by atoms with Crippen molar-refractivity contribution in [1.29, 1.82) is 0 Å². The molecule has 2 aromatic carbocycles. The van der Waals surface area contributed by atoms with E-state index in [1.165, 1.54) is 28.8 Å². The smallest absolute Gasteiger partial charge is 0.335 e. The van der Waals surface area contributed by atoms with Crippen molar-refractivity contribution in [3.8, 4) is 0 Å². The van der Waals surface area contributed by atoms with Crippen LogP contribution in [0.3, 0.4) is 0 Å². The first-order valence-corrected chi connectivity index (χ1v) is 7.51. The third-order valence-electron chi connectivity index (χ3n) is 3.14. The number of carbonyl (C=O) groups excluding carboxylic acids is 1. The van der Waals surface area contributed by atoms with E-state index in [0.29, 0.717) is 11.3 Å². The zero-order valence-electron chi connectivity index (χ0n) is 11.7. The fourth-order valence-electron chi connectivity index (χ4n) is 1.95. The zero-order chi connectivity index (χ0) is 15.4. The van der Waals surface area contributed by atoms with Gasteiger partial charge in [0.15, 0.2) is 0 Å². The lowest BCUT2D eigenvalue weighted by atomic mass is 10.1. The molecule has 0 spiro atoms. The van der Waals surface area contributed by atoms with Crippen molar-refractivity contribution in [2.45, 2.75) is 4.90 Å². The number of carboxylic acids is 1. The molecule has 2 aromatic rings. The van der Waals surface area contributed by atoms with Crippen molar-refractivity contribution in [3.63, 3.8) is 0 Å². The van der Waals surface area contributed by atoms with Crippen molar-refractivity contribution < 1.29 is 14.7 Å². The summed E-state index contributed by atoms with van der Waals surface area (Å²) in [5.74, 6) is -1.11. The van der Waals surface area contributed by atoms with Crippen LogP contribution in [0.15, 0.2) is 53.4 Å². The summed E-state index contributed by atoms with van der Waals surface area (Å²) < 4.78 is 0. The molecule has 0 fully saturated rings. The monoisotopic (exact) mass is 301 g/mol. The van der Waals surface area contributed by atoms with Crippen molar-refractivity contribution in [2.75, 3.05) is 18.2 Å². The lowest BCUT2D eigenvalue weighted by Crippen LogP contribution is -2.26. The van der Waals surface area contributed by atoms with E-state index in [1.54, 1.807) is 25.2 Å². The molecule has 0 bridgehead atoms. The molecular formula is C16H15NO3S. The van der Waals surface area contributed by atoms with E-state index >= 15 is 0 Å². The van der Waals surface area contributed by atoms with E-state index in [4.69, 9.17) is 5.11 Å². The van der Waals surface area contributed by atoms with Crippen LogP contribution in [-0.2, 0) is 0 Å². The van der Waals surface area contributed by atoms with Gasteiger partial charge in [0.1, 0.15) is 0 Å². The van der Waals surface area contributed by atoms with Crippen LogP contribution >= 0.6 is 11.8 Å². The Morgan fingerprint density at radius 3 is 2.24 bits per heavy atom. The van der Waals surface area contributed by atoms with Gasteiger partial charge in [0.25, 0.3) is 5.91 Å². The van der Waals surface area contributed by atoms with Gasteiger partial charge in [0.05, 0.1) is 11.1 Å². The number of rotatable bonds is 4. The van der Waals surface area contributed by atoms with Gasteiger partial charge in [-0.05, 0) is 42.7 Å². The minimum absolute atomic E-state index is 0.122. The molecule has 0 aliphatic rings. The fraction of sp³-hybridized carbons (Fsp3) is 0.125. The molecule has 0 atom stereocenters. The van der Waals surface area contributed by atoms with Gasteiger partial charge in [-0.1, -0.05) is 12.1 Å². The summed E-state index contributed by atoms with van der Waals surface area (Å²) in [5, 5.41) is 8.89. The maximum absolute atomic E-state index is 12.5. The van der Waals surface area contributed by atoms with Gasteiger partial charge in [0, 0.05) is 17.6 Å². The maximum Gasteiger partial charge on any atom is 0.335 e. The quantitative estimate of drug-likeness (QED) is 0.880. The minimum atomic E-state index is -0.983. The predicted molar refractivity (Wildman–Crippen MR) is 84.4 cm³/mol. The lowest BCUT2D eigenvalue weighted by molar-refractivity contribution is 0.0696.